The Labute approximate surface area is 738 Å². The van der Waals surface area contributed by atoms with Crippen molar-refractivity contribution in [1.29, 1.82) is 0 Å². The number of rotatable bonds is 16. The number of fused-ring (bicyclic) bond motifs is 9. The van der Waals surface area contributed by atoms with Crippen LogP contribution in [-0.2, 0) is 4.57 Å². The smallest absolute Gasteiger partial charge is 0.171 e. The summed E-state index contributed by atoms with van der Waals surface area (Å²) in [6.07, 6.45) is 0. The minimum atomic E-state index is -3.15. The summed E-state index contributed by atoms with van der Waals surface area (Å²) >= 11 is 1.85. The van der Waals surface area contributed by atoms with Crippen LogP contribution in [0.2, 0.25) is 0 Å². The van der Waals surface area contributed by atoms with Crippen molar-refractivity contribution in [3.8, 4) is 146 Å². The van der Waals surface area contributed by atoms with Crippen LogP contribution >= 0.6 is 18.5 Å². The van der Waals surface area contributed by atoms with Crippen molar-refractivity contribution in [3.05, 3.63) is 455 Å². The summed E-state index contributed by atoms with van der Waals surface area (Å²) in [6.45, 7) is 0. The summed E-state index contributed by atoms with van der Waals surface area (Å²) in [7, 11) is -3.15. The summed E-state index contributed by atoms with van der Waals surface area (Å²) in [5, 5.41) is 11.8. The predicted molar refractivity (Wildman–Crippen MR) is 528 cm³/mol. The first kappa shape index (κ1) is 76.9. The molecule has 0 fully saturated rings. The first-order valence-corrected chi connectivity index (χ1v) is 45.0. The molecular formula is C116H75N8OPS. The highest BCUT2D eigenvalue weighted by atomic mass is 32.1. The zero-order valence-corrected chi connectivity index (χ0v) is 70.4. The zero-order chi connectivity index (χ0) is 84.6. The van der Waals surface area contributed by atoms with Gasteiger partial charge in [0.05, 0.1) is 22.4 Å². The Morgan fingerprint density at radius 2 is 0.449 bits per heavy atom. The van der Waals surface area contributed by atoms with E-state index in [4.69, 9.17) is 39.9 Å². The minimum Gasteiger partial charge on any atom is -0.309 e. The van der Waals surface area contributed by atoms with E-state index < -0.39 is 7.14 Å². The fourth-order valence-electron chi connectivity index (χ4n) is 17.5. The van der Waals surface area contributed by atoms with E-state index in [1.54, 1.807) is 0 Å². The standard InChI is InChI=1S/C58H39N4OP.C58H36N4S/c63-64(47-23-12-4-13-24-47,48-25-14-5-15-26-48)49-36-33-45(34-37-49)58-61-56(43-21-10-3-11-22-43)60-57(62-58)44-31-29-40(30-32-44)46-35-38-51-53(39-46)59-55(42-19-8-2-9-20-42)52-28-16-27-50(54(51)52)41-17-6-1-7-18-41;1-4-14-38(15-5-1)45-21-12-24-50-53(45)49-35-34-44(36-51(49)59-54(50)40-16-6-2-7-17-40)37-26-30-42(31-27-37)57-60-56(41-18-8-3-9-19-41)61-58(62-57)43-32-28-39(29-33-43)46-22-13-23-48-47-20-10-11-25-52(47)63-55(46)48/h1-39H;1-36H. The van der Waals surface area contributed by atoms with E-state index in [2.05, 4.69) is 303 Å². The van der Waals surface area contributed by atoms with Crippen molar-refractivity contribution in [2.75, 3.05) is 0 Å². The molecule has 596 valence electrons. The lowest BCUT2D eigenvalue weighted by Gasteiger charge is -2.20. The molecular weight excluding hydrogens is 1580 g/mol. The van der Waals surface area contributed by atoms with Gasteiger partial charge >= 0.3 is 0 Å². The fraction of sp³-hybridized carbons (Fsp3) is 0. The average Bonchev–Trinajstić information content (AvgIpc) is 1.46. The van der Waals surface area contributed by atoms with Gasteiger partial charge in [0.25, 0.3) is 0 Å². The molecule has 0 amide bonds. The van der Waals surface area contributed by atoms with Gasteiger partial charge in [-0.1, -0.05) is 437 Å². The van der Waals surface area contributed by atoms with E-state index in [-0.39, 0.29) is 0 Å². The fourth-order valence-corrected chi connectivity index (χ4v) is 21.3. The van der Waals surface area contributed by atoms with Crippen LogP contribution in [0.15, 0.2) is 455 Å². The second-order valence-electron chi connectivity index (χ2n) is 31.5. The van der Waals surface area contributed by atoms with Crippen LogP contribution in [-0.4, -0.2) is 39.9 Å². The number of hydrogen-bond acceptors (Lipinski definition) is 10. The normalized spacial score (nSPS) is 11.5. The van der Waals surface area contributed by atoms with Gasteiger partial charge in [-0.05, 0) is 73.8 Å². The highest BCUT2D eigenvalue weighted by Gasteiger charge is 2.30. The molecule has 0 spiro atoms. The van der Waals surface area contributed by atoms with Crippen LogP contribution in [0.4, 0.5) is 0 Å². The lowest BCUT2D eigenvalue weighted by atomic mass is 9.92. The van der Waals surface area contributed by atoms with E-state index in [9.17, 15) is 0 Å². The van der Waals surface area contributed by atoms with Gasteiger partial charge in [-0.25, -0.2) is 39.9 Å². The molecule has 0 saturated carbocycles. The second kappa shape index (κ2) is 33.5. The maximum Gasteiger partial charge on any atom is 0.171 e. The van der Waals surface area contributed by atoms with Crippen LogP contribution in [0.25, 0.3) is 210 Å². The molecule has 127 heavy (non-hydrogen) atoms. The second-order valence-corrected chi connectivity index (χ2v) is 35.3. The number of aromatic nitrogens is 8. The Bertz CT molecular complexity index is 8040. The molecule has 9 nitrogen and oxygen atoms in total. The molecule has 5 aromatic heterocycles. The van der Waals surface area contributed by atoms with Crippen molar-refractivity contribution in [1.82, 2.24) is 39.9 Å². The van der Waals surface area contributed by atoms with Crippen molar-refractivity contribution >= 4 is 97.9 Å². The summed E-state index contributed by atoms with van der Waals surface area (Å²) in [6, 6.07) is 157. The number of thiophene rings is 1. The van der Waals surface area contributed by atoms with Gasteiger partial charge in [0.15, 0.2) is 42.1 Å². The Kier molecular flexibility index (Phi) is 20.3. The number of benzene rings is 18. The van der Waals surface area contributed by atoms with E-state index in [0.29, 0.717) is 34.9 Å². The summed E-state index contributed by atoms with van der Waals surface area (Å²) in [5.74, 6) is 3.56. The predicted octanol–water partition coefficient (Wildman–Crippen LogP) is 28.8. The zero-order valence-electron chi connectivity index (χ0n) is 68.6. The van der Waals surface area contributed by atoms with Crippen LogP contribution in [0.3, 0.4) is 0 Å². The third kappa shape index (κ3) is 14.9. The van der Waals surface area contributed by atoms with Crippen LogP contribution in [0, 0.1) is 0 Å². The molecule has 0 aliphatic heterocycles. The monoisotopic (exact) mass is 1660 g/mol. The molecule has 0 unspecified atom stereocenters. The Balaban J connectivity index is 0.000000150. The molecule has 18 aromatic carbocycles. The van der Waals surface area contributed by atoms with Gasteiger partial charge in [0, 0.05) is 113 Å². The highest BCUT2D eigenvalue weighted by Crippen LogP contribution is 2.47. The Morgan fingerprint density at radius 3 is 0.835 bits per heavy atom. The van der Waals surface area contributed by atoms with Crippen LogP contribution in [0.5, 0.6) is 0 Å². The SMILES string of the molecule is O=P(c1ccccc1)(c1ccccc1)c1ccc(-c2nc(-c3ccccc3)nc(-c3ccc(-c4ccc5c(c4)nc(-c4ccccc4)c4cccc(-c6ccccc6)c45)cc3)n2)cc1.c1ccc(-c2nc(-c3ccc(-c4ccc5c(c4)nc(-c4ccccc4)c4cccc(-c6ccccc6)c45)cc3)nc(-c3ccc(-c4cccc5c4sc4ccccc45)cc3)n2)cc1. The Morgan fingerprint density at radius 1 is 0.181 bits per heavy atom. The van der Waals surface area contributed by atoms with E-state index >= 15 is 4.57 Å². The molecule has 23 aromatic rings. The van der Waals surface area contributed by atoms with E-state index in [0.717, 1.165) is 132 Å². The van der Waals surface area contributed by atoms with Gasteiger partial charge in [-0.3, -0.25) is 0 Å². The highest BCUT2D eigenvalue weighted by molar-refractivity contribution is 7.85. The molecule has 0 aliphatic rings. The first-order valence-electron chi connectivity index (χ1n) is 42.4. The van der Waals surface area contributed by atoms with Crippen molar-refractivity contribution in [3.63, 3.8) is 0 Å². The topological polar surface area (TPSA) is 120 Å². The maximum atomic E-state index is 15.1. The van der Waals surface area contributed by atoms with Crippen molar-refractivity contribution < 1.29 is 4.57 Å². The maximum absolute atomic E-state index is 15.1. The van der Waals surface area contributed by atoms with Gasteiger partial charge < -0.3 is 4.57 Å². The van der Waals surface area contributed by atoms with Crippen molar-refractivity contribution in [2.24, 2.45) is 0 Å². The summed E-state index contributed by atoms with van der Waals surface area (Å²) in [5.41, 5.74) is 22.7. The molecule has 11 heteroatoms. The van der Waals surface area contributed by atoms with Gasteiger partial charge in [0.2, 0.25) is 0 Å². The molecule has 23 rings (SSSR count). The molecule has 0 radical (unpaired) electrons. The lowest BCUT2D eigenvalue weighted by Crippen LogP contribution is -2.24. The molecule has 0 aliphatic carbocycles. The quantitative estimate of drug-likeness (QED) is 0.0688. The molecule has 0 saturated heterocycles. The minimum absolute atomic E-state index is 0.533. The Hall–Kier alpha value is -16.2. The molecule has 5 heterocycles. The van der Waals surface area contributed by atoms with E-state index in [1.165, 1.54) is 58.8 Å². The molecule has 0 atom stereocenters. The average molecular weight is 1660 g/mol. The number of nitrogens with zero attached hydrogens (tertiary/aromatic N) is 8. The third-order valence-corrected chi connectivity index (χ3v) is 28.1. The van der Waals surface area contributed by atoms with Crippen LogP contribution < -0.4 is 15.9 Å². The summed E-state index contributed by atoms with van der Waals surface area (Å²) in [4.78, 5) is 40.9. The van der Waals surface area contributed by atoms with Crippen LogP contribution in [0.1, 0.15) is 0 Å². The van der Waals surface area contributed by atoms with Gasteiger partial charge in [0.1, 0.15) is 0 Å². The number of hydrogen-bond donors (Lipinski definition) is 0. The molecule has 0 bridgehead atoms. The third-order valence-electron chi connectivity index (χ3n) is 23.8. The largest absolute Gasteiger partial charge is 0.309 e. The van der Waals surface area contributed by atoms with Crippen molar-refractivity contribution in [2.45, 2.75) is 0 Å². The summed E-state index contributed by atoms with van der Waals surface area (Å²) < 4.78 is 17.7. The van der Waals surface area contributed by atoms with E-state index in [1.807, 2.05) is 163 Å². The lowest BCUT2D eigenvalue weighted by molar-refractivity contribution is 0.592. The number of pyridine rings is 2. The van der Waals surface area contributed by atoms with Gasteiger partial charge in [-0.15, -0.1) is 11.3 Å². The molecule has 0 N–H and O–H groups in total. The van der Waals surface area contributed by atoms with Gasteiger partial charge in [-0.2, -0.15) is 0 Å². The first-order chi connectivity index (χ1) is 62.8.